The van der Waals surface area contributed by atoms with E-state index in [1.807, 2.05) is 6.26 Å². The zero-order chi connectivity index (χ0) is 17.7. The van der Waals surface area contributed by atoms with Crippen molar-refractivity contribution in [2.75, 3.05) is 6.61 Å². The summed E-state index contributed by atoms with van der Waals surface area (Å²) in [6, 6.07) is 0. The predicted octanol–water partition coefficient (Wildman–Crippen LogP) is 7.90. The van der Waals surface area contributed by atoms with E-state index in [1.165, 1.54) is 89.9 Å². The SMILES string of the molecule is CCC=COCC1CCC(C2CCC(CCCCCCC)CC2)CC1. The van der Waals surface area contributed by atoms with Crippen molar-refractivity contribution in [3.63, 3.8) is 0 Å². The van der Waals surface area contributed by atoms with Crippen LogP contribution in [-0.2, 0) is 4.74 Å². The van der Waals surface area contributed by atoms with E-state index in [4.69, 9.17) is 4.74 Å². The van der Waals surface area contributed by atoms with Gasteiger partial charge in [0.05, 0.1) is 12.9 Å². The summed E-state index contributed by atoms with van der Waals surface area (Å²) in [6.07, 6.45) is 25.8. The van der Waals surface area contributed by atoms with E-state index in [1.54, 1.807) is 0 Å². The van der Waals surface area contributed by atoms with Gasteiger partial charge in [0.2, 0.25) is 0 Å². The van der Waals surface area contributed by atoms with Gasteiger partial charge in [-0.05, 0) is 68.6 Å². The van der Waals surface area contributed by atoms with Crippen LogP contribution >= 0.6 is 0 Å². The Balaban J connectivity index is 1.54. The Labute approximate surface area is 158 Å². The fraction of sp³-hybridized carbons (Fsp3) is 0.917. The molecule has 0 saturated heterocycles. The zero-order valence-corrected chi connectivity index (χ0v) is 17.2. The molecule has 0 spiro atoms. The molecule has 0 heterocycles. The van der Waals surface area contributed by atoms with Crippen LogP contribution in [0.5, 0.6) is 0 Å². The molecule has 0 aliphatic heterocycles. The van der Waals surface area contributed by atoms with Crippen LogP contribution in [0.2, 0.25) is 0 Å². The Kier molecular flexibility index (Phi) is 10.7. The highest BCUT2D eigenvalue weighted by Crippen LogP contribution is 2.42. The van der Waals surface area contributed by atoms with E-state index in [0.29, 0.717) is 0 Å². The zero-order valence-electron chi connectivity index (χ0n) is 17.2. The topological polar surface area (TPSA) is 9.23 Å². The molecule has 2 rings (SSSR count). The lowest BCUT2D eigenvalue weighted by molar-refractivity contribution is 0.108. The van der Waals surface area contributed by atoms with Crippen molar-refractivity contribution in [2.45, 2.75) is 110 Å². The van der Waals surface area contributed by atoms with Crippen molar-refractivity contribution in [3.8, 4) is 0 Å². The molecule has 0 atom stereocenters. The smallest absolute Gasteiger partial charge is 0.0901 e. The maximum Gasteiger partial charge on any atom is 0.0901 e. The first kappa shape index (κ1) is 20.8. The molecule has 0 N–H and O–H groups in total. The highest BCUT2D eigenvalue weighted by Gasteiger charge is 2.30. The van der Waals surface area contributed by atoms with Crippen LogP contribution in [0.15, 0.2) is 12.3 Å². The van der Waals surface area contributed by atoms with Crippen LogP contribution in [0.4, 0.5) is 0 Å². The number of rotatable bonds is 11. The minimum atomic E-state index is 0.817. The van der Waals surface area contributed by atoms with E-state index < -0.39 is 0 Å². The van der Waals surface area contributed by atoms with Gasteiger partial charge in [-0.3, -0.25) is 0 Å². The Morgan fingerprint density at radius 2 is 1.32 bits per heavy atom. The minimum Gasteiger partial charge on any atom is -0.501 e. The molecule has 0 radical (unpaired) electrons. The van der Waals surface area contributed by atoms with E-state index in [9.17, 15) is 0 Å². The van der Waals surface area contributed by atoms with E-state index >= 15 is 0 Å². The van der Waals surface area contributed by atoms with Gasteiger partial charge in [-0.25, -0.2) is 0 Å². The predicted molar refractivity (Wildman–Crippen MR) is 110 cm³/mol. The van der Waals surface area contributed by atoms with Crippen molar-refractivity contribution in [2.24, 2.45) is 23.7 Å². The molecular formula is C24H44O. The first-order valence-corrected chi connectivity index (χ1v) is 11.6. The van der Waals surface area contributed by atoms with Gasteiger partial charge >= 0.3 is 0 Å². The molecule has 1 nitrogen and oxygen atoms in total. The molecule has 1 heteroatoms. The van der Waals surface area contributed by atoms with Crippen LogP contribution in [0, 0.1) is 23.7 Å². The van der Waals surface area contributed by atoms with Crippen LogP contribution < -0.4 is 0 Å². The summed E-state index contributed by atoms with van der Waals surface area (Å²) in [4.78, 5) is 0. The highest BCUT2D eigenvalue weighted by molar-refractivity contribution is 4.82. The second-order valence-corrected chi connectivity index (χ2v) is 8.88. The average molecular weight is 349 g/mol. The van der Waals surface area contributed by atoms with Crippen LogP contribution in [0.25, 0.3) is 0 Å². The quantitative estimate of drug-likeness (QED) is 0.272. The van der Waals surface area contributed by atoms with Gasteiger partial charge in [-0.15, -0.1) is 0 Å². The lowest BCUT2D eigenvalue weighted by atomic mass is 9.69. The molecule has 2 aliphatic carbocycles. The van der Waals surface area contributed by atoms with E-state index in [-0.39, 0.29) is 0 Å². The van der Waals surface area contributed by atoms with E-state index in [2.05, 4.69) is 19.9 Å². The third-order valence-corrected chi connectivity index (χ3v) is 6.93. The van der Waals surface area contributed by atoms with Gasteiger partial charge < -0.3 is 4.74 Å². The summed E-state index contributed by atoms with van der Waals surface area (Å²) in [6.45, 7) is 5.42. The molecule has 146 valence electrons. The number of hydrogen-bond acceptors (Lipinski definition) is 1. The first-order valence-electron chi connectivity index (χ1n) is 11.6. The molecule has 0 aromatic rings. The standard InChI is InChI=1S/C24H44O/c1-3-5-7-8-9-10-21-11-15-23(16-12-21)24-17-13-22(14-18-24)20-25-19-6-4-2/h6,19,21-24H,3-5,7-18,20H2,1-2H3. The van der Waals surface area contributed by atoms with E-state index in [0.717, 1.165) is 36.7 Å². The summed E-state index contributed by atoms with van der Waals surface area (Å²) in [5, 5.41) is 0. The van der Waals surface area contributed by atoms with Crippen molar-refractivity contribution >= 4 is 0 Å². The monoisotopic (exact) mass is 348 g/mol. The summed E-state index contributed by atoms with van der Waals surface area (Å²) in [5.74, 6) is 3.97. The van der Waals surface area contributed by atoms with Crippen molar-refractivity contribution in [1.29, 1.82) is 0 Å². The largest absolute Gasteiger partial charge is 0.501 e. The number of hydrogen-bond donors (Lipinski definition) is 0. The summed E-state index contributed by atoms with van der Waals surface area (Å²) in [5.41, 5.74) is 0. The Hall–Kier alpha value is -0.460. The maximum absolute atomic E-state index is 5.69. The van der Waals surface area contributed by atoms with Gasteiger partial charge in [0.1, 0.15) is 0 Å². The molecule has 2 fully saturated rings. The van der Waals surface area contributed by atoms with Gasteiger partial charge in [-0.2, -0.15) is 0 Å². The van der Waals surface area contributed by atoms with Crippen LogP contribution in [0.3, 0.4) is 0 Å². The second kappa shape index (κ2) is 12.8. The van der Waals surface area contributed by atoms with Crippen LogP contribution in [-0.4, -0.2) is 6.61 Å². The highest BCUT2D eigenvalue weighted by atomic mass is 16.5. The Morgan fingerprint density at radius 3 is 1.92 bits per heavy atom. The average Bonchev–Trinajstić information content (AvgIpc) is 2.66. The minimum absolute atomic E-state index is 0.817. The van der Waals surface area contributed by atoms with Gasteiger partial charge in [0.15, 0.2) is 0 Å². The van der Waals surface area contributed by atoms with Crippen molar-refractivity contribution in [1.82, 2.24) is 0 Å². The number of allylic oxidation sites excluding steroid dienone is 1. The third-order valence-electron chi connectivity index (χ3n) is 6.93. The molecule has 0 amide bonds. The molecule has 0 aromatic carbocycles. The summed E-state index contributed by atoms with van der Waals surface area (Å²) in [7, 11) is 0. The molecule has 0 unspecified atom stereocenters. The Morgan fingerprint density at radius 1 is 0.720 bits per heavy atom. The lowest BCUT2D eigenvalue weighted by Crippen LogP contribution is -2.27. The maximum atomic E-state index is 5.69. The third kappa shape index (κ3) is 8.18. The molecule has 2 aliphatic rings. The van der Waals surface area contributed by atoms with Gasteiger partial charge in [0.25, 0.3) is 0 Å². The fourth-order valence-electron chi connectivity index (χ4n) is 5.17. The molecule has 25 heavy (non-hydrogen) atoms. The summed E-state index contributed by atoms with van der Waals surface area (Å²) >= 11 is 0. The second-order valence-electron chi connectivity index (χ2n) is 8.88. The molecular weight excluding hydrogens is 304 g/mol. The number of ether oxygens (including phenoxy) is 1. The fourth-order valence-corrected chi connectivity index (χ4v) is 5.17. The molecule has 2 saturated carbocycles. The van der Waals surface area contributed by atoms with Gasteiger partial charge in [0, 0.05) is 0 Å². The summed E-state index contributed by atoms with van der Waals surface area (Å²) < 4.78 is 5.69. The molecule has 0 bridgehead atoms. The van der Waals surface area contributed by atoms with Crippen LogP contribution in [0.1, 0.15) is 110 Å². The van der Waals surface area contributed by atoms with Crippen molar-refractivity contribution < 1.29 is 4.74 Å². The normalized spacial score (nSPS) is 30.6. The first-order chi connectivity index (χ1) is 12.3. The van der Waals surface area contributed by atoms with Gasteiger partial charge in [-0.1, -0.05) is 71.3 Å². The number of unbranched alkanes of at least 4 members (excludes halogenated alkanes) is 4. The lowest BCUT2D eigenvalue weighted by Gasteiger charge is -2.37. The Bertz CT molecular complexity index is 332. The van der Waals surface area contributed by atoms with Crippen molar-refractivity contribution in [3.05, 3.63) is 12.3 Å². The molecule has 0 aromatic heterocycles.